The topological polar surface area (TPSA) is 12.5 Å². The maximum Gasteiger partial charge on any atom is 0.0645 e. The SMILES string of the molecule is CC(CS)CN1CCOCC1(C)C. The lowest BCUT2D eigenvalue weighted by atomic mass is 10.0. The van der Waals surface area contributed by atoms with E-state index in [0.717, 1.165) is 32.1 Å². The van der Waals surface area contributed by atoms with E-state index in [4.69, 9.17) is 4.74 Å². The van der Waals surface area contributed by atoms with Gasteiger partial charge in [-0.2, -0.15) is 12.6 Å². The molecule has 0 saturated carbocycles. The predicted molar refractivity (Wildman–Crippen MR) is 59.5 cm³/mol. The van der Waals surface area contributed by atoms with Crippen LogP contribution in [0.25, 0.3) is 0 Å². The van der Waals surface area contributed by atoms with Crippen LogP contribution in [-0.4, -0.2) is 42.5 Å². The first kappa shape index (κ1) is 11.3. The Balaban J connectivity index is 2.46. The van der Waals surface area contributed by atoms with Gasteiger partial charge in [-0.05, 0) is 25.5 Å². The first-order chi connectivity index (χ1) is 6.06. The third kappa shape index (κ3) is 3.15. The molecule has 0 aliphatic carbocycles. The van der Waals surface area contributed by atoms with Crippen molar-refractivity contribution >= 4 is 12.6 Å². The van der Waals surface area contributed by atoms with Gasteiger partial charge in [-0.1, -0.05) is 6.92 Å². The van der Waals surface area contributed by atoms with E-state index in [1.165, 1.54) is 0 Å². The van der Waals surface area contributed by atoms with Gasteiger partial charge in [0, 0.05) is 18.6 Å². The molecule has 0 aromatic heterocycles. The van der Waals surface area contributed by atoms with E-state index in [-0.39, 0.29) is 5.54 Å². The van der Waals surface area contributed by atoms with Gasteiger partial charge in [0.15, 0.2) is 0 Å². The Hall–Kier alpha value is 0.270. The Bertz CT molecular complexity index is 161. The van der Waals surface area contributed by atoms with Gasteiger partial charge in [-0.25, -0.2) is 0 Å². The third-order valence-electron chi connectivity index (χ3n) is 2.66. The fourth-order valence-electron chi connectivity index (χ4n) is 1.66. The van der Waals surface area contributed by atoms with Crippen molar-refractivity contribution < 1.29 is 4.74 Å². The van der Waals surface area contributed by atoms with Crippen LogP contribution < -0.4 is 0 Å². The van der Waals surface area contributed by atoms with Crippen molar-refractivity contribution in [1.29, 1.82) is 0 Å². The van der Waals surface area contributed by atoms with Crippen LogP contribution >= 0.6 is 12.6 Å². The molecule has 0 aromatic rings. The normalized spacial score (nSPS) is 25.8. The summed E-state index contributed by atoms with van der Waals surface area (Å²) in [7, 11) is 0. The molecule has 1 aliphatic heterocycles. The van der Waals surface area contributed by atoms with Crippen molar-refractivity contribution in [1.82, 2.24) is 4.90 Å². The van der Waals surface area contributed by atoms with Crippen molar-refractivity contribution in [3.63, 3.8) is 0 Å². The lowest BCUT2D eigenvalue weighted by molar-refractivity contribution is -0.0551. The zero-order valence-electron chi connectivity index (χ0n) is 8.92. The van der Waals surface area contributed by atoms with Gasteiger partial charge >= 0.3 is 0 Å². The zero-order valence-corrected chi connectivity index (χ0v) is 9.81. The van der Waals surface area contributed by atoms with Gasteiger partial charge in [-0.3, -0.25) is 4.90 Å². The van der Waals surface area contributed by atoms with Crippen molar-refractivity contribution in [2.24, 2.45) is 5.92 Å². The first-order valence-corrected chi connectivity index (χ1v) is 5.63. The summed E-state index contributed by atoms with van der Waals surface area (Å²) in [6.07, 6.45) is 0. The molecule has 0 aromatic carbocycles. The maximum absolute atomic E-state index is 5.47. The minimum Gasteiger partial charge on any atom is -0.378 e. The molecule has 1 unspecified atom stereocenters. The number of thiol groups is 1. The molecule has 0 N–H and O–H groups in total. The molecule has 1 saturated heterocycles. The highest BCUT2D eigenvalue weighted by atomic mass is 32.1. The molecule has 0 bridgehead atoms. The average Bonchev–Trinajstić information content (AvgIpc) is 2.08. The fraction of sp³-hybridized carbons (Fsp3) is 1.00. The molecule has 78 valence electrons. The van der Waals surface area contributed by atoms with Gasteiger partial charge < -0.3 is 4.74 Å². The number of nitrogens with zero attached hydrogens (tertiary/aromatic N) is 1. The highest BCUT2D eigenvalue weighted by molar-refractivity contribution is 7.80. The second-order valence-electron chi connectivity index (χ2n) is 4.60. The Morgan fingerprint density at radius 2 is 2.23 bits per heavy atom. The lowest BCUT2D eigenvalue weighted by Gasteiger charge is -2.43. The van der Waals surface area contributed by atoms with E-state index in [2.05, 4.69) is 38.3 Å². The van der Waals surface area contributed by atoms with E-state index in [0.29, 0.717) is 5.92 Å². The zero-order chi connectivity index (χ0) is 9.90. The minimum absolute atomic E-state index is 0.204. The highest BCUT2D eigenvalue weighted by Gasteiger charge is 2.30. The van der Waals surface area contributed by atoms with Crippen LogP contribution in [0.4, 0.5) is 0 Å². The van der Waals surface area contributed by atoms with Crippen LogP contribution in [0.5, 0.6) is 0 Å². The van der Waals surface area contributed by atoms with Crippen LogP contribution in [0.15, 0.2) is 0 Å². The summed E-state index contributed by atoms with van der Waals surface area (Å²) in [6.45, 7) is 10.7. The number of hydrogen-bond donors (Lipinski definition) is 1. The molecule has 1 rings (SSSR count). The highest BCUT2D eigenvalue weighted by Crippen LogP contribution is 2.20. The molecule has 0 amide bonds. The largest absolute Gasteiger partial charge is 0.378 e. The maximum atomic E-state index is 5.47. The predicted octanol–water partition coefficient (Wildman–Crippen LogP) is 1.66. The van der Waals surface area contributed by atoms with Crippen LogP contribution in [0, 0.1) is 5.92 Å². The van der Waals surface area contributed by atoms with E-state index in [9.17, 15) is 0 Å². The Morgan fingerprint density at radius 3 is 2.77 bits per heavy atom. The van der Waals surface area contributed by atoms with Crippen LogP contribution in [-0.2, 0) is 4.74 Å². The van der Waals surface area contributed by atoms with Crippen LogP contribution in [0.1, 0.15) is 20.8 Å². The Labute approximate surface area is 87.0 Å². The molecule has 1 aliphatic rings. The van der Waals surface area contributed by atoms with Gasteiger partial charge in [0.2, 0.25) is 0 Å². The lowest BCUT2D eigenvalue weighted by Crippen LogP contribution is -2.54. The number of morpholine rings is 1. The molecule has 0 radical (unpaired) electrons. The molecule has 2 nitrogen and oxygen atoms in total. The molecular formula is C10H21NOS. The summed E-state index contributed by atoms with van der Waals surface area (Å²) in [6, 6.07) is 0. The van der Waals surface area contributed by atoms with E-state index in [1.54, 1.807) is 0 Å². The van der Waals surface area contributed by atoms with Crippen molar-refractivity contribution in [3.05, 3.63) is 0 Å². The summed E-state index contributed by atoms with van der Waals surface area (Å²) in [5.74, 6) is 1.63. The number of rotatable bonds is 3. The molecular weight excluding hydrogens is 182 g/mol. The van der Waals surface area contributed by atoms with E-state index < -0.39 is 0 Å². The standard InChI is InChI=1S/C10H21NOS/c1-9(7-13)6-11-4-5-12-8-10(11,2)3/h9,13H,4-8H2,1-3H3. The third-order valence-corrected chi connectivity index (χ3v) is 3.28. The first-order valence-electron chi connectivity index (χ1n) is 5.00. The van der Waals surface area contributed by atoms with Gasteiger partial charge in [0.1, 0.15) is 0 Å². The van der Waals surface area contributed by atoms with Crippen molar-refractivity contribution in [3.8, 4) is 0 Å². The second-order valence-corrected chi connectivity index (χ2v) is 4.96. The molecule has 3 heteroatoms. The van der Waals surface area contributed by atoms with Gasteiger partial charge in [0.25, 0.3) is 0 Å². The second kappa shape index (κ2) is 4.67. The fourth-order valence-corrected chi connectivity index (χ4v) is 1.78. The van der Waals surface area contributed by atoms with Crippen LogP contribution in [0.2, 0.25) is 0 Å². The summed E-state index contributed by atoms with van der Waals surface area (Å²) in [5.41, 5.74) is 0.204. The monoisotopic (exact) mass is 203 g/mol. The smallest absolute Gasteiger partial charge is 0.0645 e. The quantitative estimate of drug-likeness (QED) is 0.700. The van der Waals surface area contributed by atoms with Gasteiger partial charge in [0.05, 0.1) is 13.2 Å². The number of ether oxygens (including phenoxy) is 1. The average molecular weight is 203 g/mol. The summed E-state index contributed by atoms with van der Waals surface area (Å²) >= 11 is 4.31. The summed E-state index contributed by atoms with van der Waals surface area (Å²) in [5, 5.41) is 0. The minimum atomic E-state index is 0.204. The summed E-state index contributed by atoms with van der Waals surface area (Å²) < 4.78 is 5.47. The number of hydrogen-bond acceptors (Lipinski definition) is 3. The van der Waals surface area contributed by atoms with Crippen LogP contribution in [0.3, 0.4) is 0 Å². The summed E-state index contributed by atoms with van der Waals surface area (Å²) in [4.78, 5) is 2.51. The Kier molecular flexibility index (Phi) is 4.07. The van der Waals surface area contributed by atoms with Crippen molar-refractivity contribution in [2.45, 2.75) is 26.3 Å². The van der Waals surface area contributed by atoms with Crippen molar-refractivity contribution in [2.75, 3.05) is 32.1 Å². The Morgan fingerprint density at radius 1 is 1.54 bits per heavy atom. The molecule has 1 heterocycles. The molecule has 1 fully saturated rings. The van der Waals surface area contributed by atoms with E-state index >= 15 is 0 Å². The van der Waals surface area contributed by atoms with E-state index in [1.807, 2.05) is 0 Å². The molecule has 1 atom stereocenters. The molecule has 0 spiro atoms. The molecule has 13 heavy (non-hydrogen) atoms. The van der Waals surface area contributed by atoms with Gasteiger partial charge in [-0.15, -0.1) is 0 Å².